The Morgan fingerprint density at radius 1 is 1.47 bits per heavy atom. The van der Waals surface area contributed by atoms with Gasteiger partial charge in [-0.3, -0.25) is 4.79 Å². The zero-order valence-corrected chi connectivity index (χ0v) is 13.0. The first-order valence-electron chi connectivity index (χ1n) is 5.91. The Kier molecular flexibility index (Phi) is 3.64. The first-order valence-corrected chi connectivity index (χ1v) is 7.46. The Morgan fingerprint density at radius 2 is 2.26 bits per heavy atom. The molecule has 2 aliphatic heterocycles. The Hall–Kier alpha value is -0.490. The lowest BCUT2D eigenvalue weighted by Gasteiger charge is -2.33. The largest absolute Gasteiger partial charge is 0.489 e. The molecule has 0 aromatic heterocycles. The number of fused-ring (bicyclic) bond motifs is 2. The maximum Gasteiger partial charge on any atom is 0.258 e. The van der Waals surface area contributed by atoms with Crippen molar-refractivity contribution in [3.8, 4) is 5.75 Å². The number of hydrogen-bond donors (Lipinski definition) is 1. The third-order valence-corrected chi connectivity index (χ3v) is 5.32. The number of nitrogens with one attached hydrogen (secondary N) is 1. The lowest BCUT2D eigenvalue weighted by Crippen LogP contribution is -2.54. The summed E-state index contributed by atoms with van der Waals surface area (Å²) < 4.78 is 6.29. The molecule has 1 saturated heterocycles. The van der Waals surface area contributed by atoms with E-state index in [4.69, 9.17) is 27.9 Å². The summed E-state index contributed by atoms with van der Waals surface area (Å²) in [6, 6.07) is 1.64. The number of nitrogens with zero attached hydrogens (tertiary/aromatic N) is 1. The highest BCUT2D eigenvalue weighted by Crippen LogP contribution is 2.42. The van der Waals surface area contributed by atoms with Gasteiger partial charge in [0, 0.05) is 19.6 Å². The molecule has 0 radical (unpaired) electrons. The first kappa shape index (κ1) is 13.5. The molecule has 7 heteroatoms. The summed E-state index contributed by atoms with van der Waals surface area (Å²) in [6.45, 7) is 2.61. The van der Waals surface area contributed by atoms with Crippen LogP contribution >= 0.6 is 39.1 Å². The molecule has 19 heavy (non-hydrogen) atoms. The number of halogens is 3. The number of amides is 1. The fraction of sp³-hybridized carbons (Fsp3) is 0.417. The van der Waals surface area contributed by atoms with E-state index in [9.17, 15) is 4.79 Å². The molecule has 1 amide bonds. The van der Waals surface area contributed by atoms with Crippen molar-refractivity contribution in [3.05, 3.63) is 26.1 Å². The van der Waals surface area contributed by atoms with Crippen molar-refractivity contribution in [2.45, 2.75) is 6.04 Å². The van der Waals surface area contributed by atoms with E-state index in [2.05, 4.69) is 21.2 Å². The zero-order valence-electron chi connectivity index (χ0n) is 9.88. The Bertz CT molecular complexity index is 553. The molecule has 3 rings (SSSR count). The van der Waals surface area contributed by atoms with E-state index in [1.165, 1.54) is 0 Å². The second kappa shape index (κ2) is 5.13. The van der Waals surface area contributed by atoms with Gasteiger partial charge in [-0.15, -0.1) is 0 Å². The van der Waals surface area contributed by atoms with Crippen LogP contribution in [-0.2, 0) is 0 Å². The number of piperazine rings is 1. The minimum Gasteiger partial charge on any atom is -0.489 e. The highest BCUT2D eigenvalue weighted by atomic mass is 79.9. The van der Waals surface area contributed by atoms with Crippen molar-refractivity contribution in [1.82, 2.24) is 10.2 Å². The molecule has 1 N–H and O–H groups in total. The summed E-state index contributed by atoms with van der Waals surface area (Å²) in [4.78, 5) is 14.4. The molecule has 1 aromatic carbocycles. The average Bonchev–Trinajstić information content (AvgIpc) is 2.55. The van der Waals surface area contributed by atoms with Crippen LogP contribution in [0.3, 0.4) is 0 Å². The second-order valence-electron chi connectivity index (χ2n) is 4.53. The summed E-state index contributed by atoms with van der Waals surface area (Å²) >= 11 is 15.6. The van der Waals surface area contributed by atoms with Gasteiger partial charge in [0.15, 0.2) is 5.75 Å². The normalized spacial score (nSPS) is 22.4. The van der Waals surface area contributed by atoms with Gasteiger partial charge in [0.2, 0.25) is 0 Å². The van der Waals surface area contributed by atoms with Crippen LogP contribution in [0.5, 0.6) is 5.75 Å². The summed E-state index contributed by atoms with van der Waals surface area (Å²) in [7, 11) is 0. The highest BCUT2D eigenvalue weighted by Gasteiger charge is 2.34. The molecule has 102 valence electrons. The van der Waals surface area contributed by atoms with Crippen molar-refractivity contribution in [2.24, 2.45) is 0 Å². The zero-order chi connectivity index (χ0) is 13.6. The topological polar surface area (TPSA) is 41.6 Å². The van der Waals surface area contributed by atoms with Gasteiger partial charge in [-0.05, 0) is 22.0 Å². The standard InChI is InChI=1S/C12H11BrCl2N2O2/c13-9-8(14)3-7-11(10(9)15)19-5-6-4-16-1-2-17(6)12(7)18/h3,6,16H,1-2,4-5H2/t6-/m1/s1. The molecule has 0 bridgehead atoms. The molecule has 1 atom stereocenters. The molecule has 1 fully saturated rings. The SMILES string of the molecule is O=C1c2cc(Cl)c(Br)c(Cl)c2OC[C@H]2CNCCN12. The number of hydrogen-bond acceptors (Lipinski definition) is 3. The quantitative estimate of drug-likeness (QED) is 0.718. The van der Waals surface area contributed by atoms with Gasteiger partial charge >= 0.3 is 0 Å². The minimum absolute atomic E-state index is 0.0299. The van der Waals surface area contributed by atoms with Gasteiger partial charge in [-0.2, -0.15) is 0 Å². The molecule has 0 spiro atoms. The summed E-state index contributed by atoms with van der Waals surface area (Å²) in [5.74, 6) is 0.340. The van der Waals surface area contributed by atoms with Crippen molar-refractivity contribution in [3.63, 3.8) is 0 Å². The number of carbonyl (C=O) groups is 1. The molecular weight excluding hydrogens is 355 g/mol. The fourth-order valence-electron chi connectivity index (χ4n) is 2.39. The van der Waals surface area contributed by atoms with Crippen LogP contribution in [0.25, 0.3) is 0 Å². The first-order chi connectivity index (χ1) is 9.09. The summed E-state index contributed by atoms with van der Waals surface area (Å²) in [5.41, 5.74) is 0.433. The molecule has 2 heterocycles. The van der Waals surface area contributed by atoms with Crippen molar-refractivity contribution in [1.29, 1.82) is 0 Å². The Labute approximate surface area is 129 Å². The predicted octanol–water partition coefficient (Wildman–Crippen LogP) is 2.56. The lowest BCUT2D eigenvalue weighted by atomic mass is 10.1. The molecular formula is C12H11BrCl2N2O2. The van der Waals surface area contributed by atoms with E-state index in [1.54, 1.807) is 6.07 Å². The van der Waals surface area contributed by atoms with Gasteiger partial charge in [0.05, 0.1) is 26.1 Å². The fourth-order valence-corrected chi connectivity index (χ4v) is 3.19. The lowest BCUT2D eigenvalue weighted by molar-refractivity contribution is 0.0606. The van der Waals surface area contributed by atoms with Gasteiger partial charge in [-0.25, -0.2) is 0 Å². The van der Waals surface area contributed by atoms with Crippen LogP contribution in [0, 0.1) is 0 Å². The number of ether oxygens (including phenoxy) is 1. The molecule has 4 nitrogen and oxygen atoms in total. The monoisotopic (exact) mass is 364 g/mol. The molecule has 0 saturated carbocycles. The van der Waals surface area contributed by atoms with Crippen LogP contribution in [0.2, 0.25) is 10.0 Å². The number of benzene rings is 1. The average molecular weight is 366 g/mol. The van der Waals surface area contributed by atoms with Gasteiger partial charge in [0.25, 0.3) is 5.91 Å². The van der Waals surface area contributed by atoms with E-state index in [0.717, 1.165) is 13.1 Å². The molecule has 1 aromatic rings. The van der Waals surface area contributed by atoms with Gasteiger partial charge in [0.1, 0.15) is 6.61 Å². The highest BCUT2D eigenvalue weighted by molar-refractivity contribution is 9.10. The van der Waals surface area contributed by atoms with Gasteiger partial charge in [-0.1, -0.05) is 23.2 Å². The van der Waals surface area contributed by atoms with Crippen LogP contribution in [0.15, 0.2) is 10.5 Å². The number of carbonyl (C=O) groups excluding carboxylic acids is 1. The van der Waals surface area contributed by atoms with Gasteiger partial charge < -0.3 is 15.0 Å². The van der Waals surface area contributed by atoms with Crippen molar-refractivity contribution >= 4 is 45.0 Å². The van der Waals surface area contributed by atoms with Crippen LogP contribution < -0.4 is 10.1 Å². The Balaban J connectivity index is 2.10. The maximum atomic E-state index is 12.6. The summed E-state index contributed by atoms with van der Waals surface area (Å²) in [5, 5.41) is 4.02. The maximum absolute atomic E-state index is 12.6. The van der Waals surface area contributed by atoms with E-state index in [-0.39, 0.29) is 11.9 Å². The van der Waals surface area contributed by atoms with Crippen molar-refractivity contribution < 1.29 is 9.53 Å². The van der Waals surface area contributed by atoms with Crippen LogP contribution in [0.1, 0.15) is 10.4 Å². The third-order valence-electron chi connectivity index (χ3n) is 3.38. The Morgan fingerprint density at radius 3 is 3.05 bits per heavy atom. The van der Waals surface area contributed by atoms with E-state index >= 15 is 0 Å². The van der Waals surface area contributed by atoms with Crippen molar-refractivity contribution in [2.75, 3.05) is 26.2 Å². The third kappa shape index (κ3) is 2.23. The minimum atomic E-state index is -0.0738. The van der Waals surface area contributed by atoms with E-state index in [0.29, 0.717) is 39.0 Å². The number of rotatable bonds is 0. The smallest absolute Gasteiger partial charge is 0.258 e. The van der Waals surface area contributed by atoms with E-state index < -0.39 is 0 Å². The summed E-state index contributed by atoms with van der Waals surface area (Å²) in [6.07, 6.45) is 0. The predicted molar refractivity (Wildman–Crippen MR) is 77.4 cm³/mol. The molecule has 0 unspecified atom stereocenters. The second-order valence-corrected chi connectivity index (χ2v) is 6.11. The van der Waals surface area contributed by atoms with Crippen LogP contribution in [-0.4, -0.2) is 43.1 Å². The van der Waals surface area contributed by atoms with Crippen LogP contribution in [0.4, 0.5) is 0 Å². The molecule has 2 aliphatic rings. The van der Waals surface area contributed by atoms with E-state index in [1.807, 2.05) is 4.90 Å². The molecule has 0 aliphatic carbocycles.